The van der Waals surface area contributed by atoms with E-state index < -0.39 is 17.6 Å². The van der Waals surface area contributed by atoms with Crippen molar-refractivity contribution in [1.82, 2.24) is 9.80 Å². The molecule has 3 amide bonds. The molecule has 1 unspecified atom stereocenters. The molecule has 0 saturated carbocycles. The number of fused-ring (bicyclic) bond motifs is 1. The number of rotatable bonds is 3. The lowest BCUT2D eigenvalue weighted by Gasteiger charge is -2.33. The molecule has 0 aromatic heterocycles. The van der Waals surface area contributed by atoms with Crippen LogP contribution in [0.25, 0.3) is 0 Å². The van der Waals surface area contributed by atoms with Crippen molar-refractivity contribution in [2.24, 2.45) is 0 Å². The fourth-order valence-corrected chi connectivity index (χ4v) is 3.41. The van der Waals surface area contributed by atoms with E-state index in [0.717, 1.165) is 29.7 Å². The van der Waals surface area contributed by atoms with Crippen LogP contribution in [-0.4, -0.2) is 46.9 Å². The van der Waals surface area contributed by atoms with Crippen LogP contribution in [0, 0.1) is 0 Å². The second-order valence-corrected chi connectivity index (χ2v) is 6.88. The fraction of sp³-hybridized carbons (Fsp3) is 0.500. The average molecular weight is 330 g/mol. The van der Waals surface area contributed by atoms with Crippen molar-refractivity contribution in [3.8, 4) is 0 Å². The van der Waals surface area contributed by atoms with E-state index in [1.807, 2.05) is 18.2 Å². The van der Waals surface area contributed by atoms with Gasteiger partial charge in [0.2, 0.25) is 5.91 Å². The number of cyclic esters (lactones) is 1. The fourth-order valence-electron chi connectivity index (χ4n) is 3.41. The number of carbonyl (C=O) groups excluding carboxylic acids is 3. The van der Waals surface area contributed by atoms with Gasteiger partial charge >= 0.3 is 6.09 Å². The molecule has 6 heteroatoms. The topological polar surface area (TPSA) is 66.9 Å². The maximum atomic E-state index is 12.6. The van der Waals surface area contributed by atoms with Crippen molar-refractivity contribution in [1.29, 1.82) is 0 Å². The van der Waals surface area contributed by atoms with Crippen molar-refractivity contribution in [2.45, 2.75) is 44.8 Å². The number of imide groups is 1. The summed E-state index contributed by atoms with van der Waals surface area (Å²) >= 11 is 0. The molecular weight excluding hydrogens is 308 g/mol. The maximum absolute atomic E-state index is 12.6. The molecule has 1 saturated heterocycles. The molecule has 0 spiro atoms. The number of benzene rings is 1. The van der Waals surface area contributed by atoms with Crippen molar-refractivity contribution in [2.75, 3.05) is 13.6 Å². The summed E-state index contributed by atoms with van der Waals surface area (Å²) in [7, 11) is 1.73. The Balaban J connectivity index is 1.75. The lowest BCUT2D eigenvalue weighted by atomic mass is 9.87. The predicted octanol–water partition coefficient (Wildman–Crippen LogP) is 2.28. The normalized spacial score (nSPS) is 22.1. The first-order valence-corrected chi connectivity index (χ1v) is 8.19. The van der Waals surface area contributed by atoms with Crippen molar-refractivity contribution in [3.05, 3.63) is 35.4 Å². The van der Waals surface area contributed by atoms with E-state index in [4.69, 9.17) is 4.74 Å². The number of hydrogen-bond donors (Lipinski definition) is 0. The van der Waals surface area contributed by atoms with Gasteiger partial charge in [0.15, 0.2) is 5.60 Å². The summed E-state index contributed by atoms with van der Waals surface area (Å²) in [4.78, 5) is 39.2. The van der Waals surface area contributed by atoms with Gasteiger partial charge in [-0.25, -0.2) is 9.69 Å². The number of ether oxygens (including phenoxy) is 1. The molecule has 1 aliphatic carbocycles. The summed E-state index contributed by atoms with van der Waals surface area (Å²) in [6.45, 7) is 2.77. The molecule has 1 atom stereocenters. The van der Waals surface area contributed by atoms with E-state index in [0.29, 0.717) is 0 Å². The van der Waals surface area contributed by atoms with Gasteiger partial charge in [-0.05, 0) is 44.2 Å². The standard InChI is InChI=1S/C18H22N2O4/c1-18(2)16(22)20(17(23)24-18)11-15(21)19(3)14-10-6-8-12-7-4-5-9-13(12)14/h4-5,7,9,14H,6,8,10-11H2,1-3H3. The number of nitrogens with zero attached hydrogens (tertiary/aromatic N) is 2. The number of amides is 3. The maximum Gasteiger partial charge on any atom is 0.418 e. The van der Waals surface area contributed by atoms with Crippen LogP contribution < -0.4 is 0 Å². The van der Waals surface area contributed by atoms with Crippen LogP contribution in [0.2, 0.25) is 0 Å². The van der Waals surface area contributed by atoms with Crippen molar-refractivity contribution < 1.29 is 19.1 Å². The third-order valence-electron chi connectivity index (χ3n) is 4.82. The van der Waals surface area contributed by atoms with Gasteiger partial charge in [-0.3, -0.25) is 9.59 Å². The first kappa shape index (κ1) is 16.5. The monoisotopic (exact) mass is 330 g/mol. The van der Waals surface area contributed by atoms with Gasteiger partial charge in [0, 0.05) is 7.05 Å². The molecule has 0 bridgehead atoms. The largest absolute Gasteiger partial charge is 0.433 e. The molecular formula is C18H22N2O4. The minimum Gasteiger partial charge on any atom is -0.433 e. The van der Waals surface area contributed by atoms with Crippen LogP contribution in [0.5, 0.6) is 0 Å². The van der Waals surface area contributed by atoms with Gasteiger partial charge < -0.3 is 9.64 Å². The van der Waals surface area contributed by atoms with Crippen LogP contribution in [0.15, 0.2) is 24.3 Å². The molecule has 3 rings (SSSR count). The third-order valence-corrected chi connectivity index (χ3v) is 4.82. The number of likely N-dealkylation sites (N-methyl/N-ethyl adjacent to an activating group) is 1. The summed E-state index contributed by atoms with van der Waals surface area (Å²) in [5, 5.41) is 0. The lowest BCUT2D eigenvalue weighted by molar-refractivity contribution is -0.140. The highest BCUT2D eigenvalue weighted by molar-refractivity contribution is 6.04. The molecule has 1 aliphatic heterocycles. The Bertz CT molecular complexity index is 698. The Morgan fingerprint density at radius 2 is 2.04 bits per heavy atom. The van der Waals surface area contributed by atoms with Crippen molar-refractivity contribution in [3.63, 3.8) is 0 Å². The summed E-state index contributed by atoms with van der Waals surface area (Å²) in [5.74, 6) is -0.738. The second kappa shape index (κ2) is 5.92. The Morgan fingerprint density at radius 1 is 1.33 bits per heavy atom. The zero-order chi connectivity index (χ0) is 17.5. The molecule has 24 heavy (non-hydrogen) atoms. The predicted molar refractivity (Wildman–Crippen MR) is 87.2 cm³/mol. The van der Waals surface area contributed by atoms with Crippen molar-refractivity contribution >= 4 is 17.9 Å². The minimum atomic E-state index is -1.20. The number of carbonyl (C=O) groups is 3. The van der Waals surface area contributed by atoms with Crippen LogP contribution in [0.3, 0.4) is 0 Å². The first-order valence-electron chi connectivity index (χ1n) is 8.19. The van der Waals surface area contributed by atoms with E-state index in [1.165, 1.54) is 19.4 Å². The quantitative estimate of drug-likeness (QED) is 0.853. The summed E-state index contributed by atoms with van der Waals surface area (Å²) in [6.07, 6.45) is 2.15. The molecule has 1 fully saturated rings. The van der Waals surface area contributed by atoms with E-state index in [1.54, 1.807) is 11.9 Å². The Labute approximate surface area is 141 Å². The molecule has 1 heterocycles. The highest BCUT2D eigenvalue weighted by atomic mass is 16.6. The summed E-state index contributed by atoms with van der Waals surface area (Å²) < 4.78 is 5.02. The zero-order valence-corrected chi connectivity index (χ0v) is 14.2. The molecule has 0 N–H and O–H groups in total. The first-order chi connectivity index (χ1) is 11.3. The molecule has 128 valence electrons. The molecule has 1 aromatic carbocycles. The van der Waals surface area contributed by atoms with Gasteiger partial charge in [-0.2, -0.15) is 0 Å². The third kappa shape index (κ3) is 2.77. The van der Waals surface area contributed by atoms with E-state index in [-0.39, 0.29) is 18.5 Å². The highest BCUT2D eigenvalue weighted by Crippen LogP contribution is 2.33. The molecule has 1 aromatic rings. The smallest absolute Gasteiger partial charge is 0.418 e. The minimum absolute atomic E-state index is 0.0239. The van der Waals surface area contributed by atoms with Gasteiger partial charge in [0.1, 0.15) is 6.54 Å². The lowest BCUT2D eigenvalue weighted by Crippen LogP contribution is -2.44. The summed E-state index contributed by atoms with van der Waals surface area (Å²) in [5.41, 5.74) is 1.20. The average Bonchev–Trinajstić information content (AvgIpc) is 2.75. The van der Waals surface area contributed by atoms with Crippen LogP contribution in [0.4, 0.5) is 4.79 Å². The SMILES string of the molecule is CN(C(=O)CN1C(=O)OC(C)(C)C1=O)C1CCCc2ccccc21. The van der Waals surface area contributed by atoms with Gasteiger partial charge in [0.25, 0.3) is 5.91 Å². The number of hydrogen-bond acceptors (Lipinski definition) is 4. The van der Waals surface area contributed by atoms with Gasteiger partial charge in [-0.1, -0.05) is 24.3 Å². The van der Waals surface area contributed by atoms with Crippen LogP contribution in [-0.2, 0) is 20.7 Å². The van der Waals surface area contributed by atoms with Crippen LogP contribution >= 0.6 is 0 Å². The number of aryl methyl sites for hydroxylation is 1. The second-order valence-electron chi connectivity index (χ2n) is 6.88. The molecule has 0 radical (unpaired) electrons. The zero-order valence-electron chi connectivity index (χ0n) is 14.2. The van der Waals surface area contributed by atoms with E-state index in [2.05, 4.69) is 6.07 Å². The van der Waals surface area contributed by atoms with E-state index in [9.17, 15) is 14.4 Å². The molecule has 6 nitrogen and oxygen atoms in total. The Hall–Kier alpha value is -2.37. The highest BCUT2D eigenvalue weighted by Gasteiger charge is 2.48. The van der Waals surface area contributed by atoms with E-state index >= 15 is 0 Å². The molecule has 2 aliphatic rings. The summed E-state index contributed by atoms with van der Waals surface area (Å²) in [6, 6.07) is 8.08. The van der Waals surface area contributed by atoms with Gasteiger partial charge in [-0.15, -0.1) is 0 Å². The van der Waals surface area contributed by atoms with Gasteiger partial charge in [0.05, 0.1) is 6.04 Å². The van der Waals surface area contributed by atoms with Crippen LogP contribution in [0.1, 0.15) is 43.9 Å². The Kier molecular flexibility index (Phi) is 4.07. The Morgan fingerprint density at radius 3 is 2.71 bits per heavy atom.